The minimum absolute atomic E-state index is 0.0718. The Morgan fingerprint density at radius 1 is 1.69 bits per heavy atom. The van der Waals surface area contributed by atoms with Crippen LogP contribution < -0.4 is 5.32 Å². The fraction of sp³-hybridized carbons (Fsp3) is 0.500. The Morgan fingerprint density at radius 2 is 2.38 bits per heavy atom. The summed E-state index contributed by atoms with van der Waals surface area (Å²) in [6.45, 7) is 2.46. The zero-order chi connectivity index (χ0) is 9.84. The average molecular weight is 203 g/mol. The van der Waals surface area contributed by atoms with Gasteiger partial charge in [0.2, 0.25) is 11.8 Å². The standard InChI is InChI=1S/C8H11ClN2O2/c1-6(2-9)4-11-5-7(12)10-3-8(11)13/h2H,3-5H2,1H3,(H,10,12). The molecule has 72 valence electrons. The summed E-state index contributed by atoms with van der Waals surface area (Å²) in [4.78, 5) is 23.6. The highest BCUT2D eigenvalue weighted by molar-refractivity contribution is 6.25. The number of hydrogen-bond donors (Lipinski definition) is 1. The molecule has 1 aliphatic heterocycles. The summed E-state index contributed by atoms with van der Waals surface area (Å²) in [6.07, 6.45) is 0. The Morgan fingerprint density at radius 3 is 3.00 bits per heavy atom. The quantitative estimate of drug-likeness (QED) is 0.690. The molecule has 2 amide bonds. The summed E-state index contributed by atoms with van der Waals surface area (Å²) in [5.74, 6) is -0.195. The first-order valence-corrected chi connectivity index (χ1v) is 4.37. The highest BCUT2D eigenvalue weighted by atomic mass is 35.5. The third kappa shape index (κ3) is 2.73. The number of hydrogen-bond acceptors (Lipinski definition) is 2. The summed E-state index contributed by atoms with van der Waals surface area (Å²) in [7, 11) is 0. The maximum atomic E-state index is 11.2. The molecule has 0 aromatic carbocycles. The summed E-state index contributed by atoms with van der Waals surface area (Å²) < 4.78 is 0. The third-order valence-corrected chi connectivity index (χ3v) is 2.12. The van der Waals surface area contributed by atoms with E-state index in [1.54, 1.807) is 0 Å². The van der Waals surface area contributed by atoms with Crippen LogP contribution in [0.1, 0.15) is 6.92 Å². The van der Waals surface area contributed by atoms with Gasteiger partial charge in [0.05, 0.1) is 13.1 Å². The average Bonchev–Trinajstić information content (AvgIpc) is 2.11. The number of halogens is 1. The smallest absolute Gasteiger partial charge is 0.242 e. The summed E-state index contributed by atoms with van der Waals surface area (Å²) in [5.41, 5.74) is 2.28. The van der Waals surface area contributed by atoms with Crippen molar-refractivity contribution < 1.29 is 9.59 Å². The maximum Gasteiger partial charge on any atom is 0.242 e. The van der Waals surface area contributed by atoms with Crippen LogP contribution >= 0.6 is 11.6 Å². The molecule has 0 aromatic rings. The number of carbonyl (C=O) groups is 2. The Balaban J connectivity index is 2.56. The van der Waals surface area contributed by atoms with Crippen LogP contribution in [0.15, 0.2) is 11.1 Å². The van der Waals surface area contributed by atoms with Gasteiger partial charge in [-0.1, -0.05) is 11.6 Å². The van der Waals surface area contributed by atoms with Crippen molar-refractivity contribution in [1.29, 1.82) is 0 Å². The van der Waals surface area contributed by atoms with Gasteiger partial charge in [-0.05, 0) is 12.5 Å². The molecule has 0 saturated carbocycles. The van der Waals surface area contributed by atoms with Crippen molar-refractivity contribution in [3.63, 3.8) is 0 Å². The van der Waals surface area contributed by atoms with Gasteiger partial charge in [0.1, 0.15) is 0 Å². The number of nitrogens with zero attached hydrogens (tertiary/aromatic N) is 1. The van der Waals surface area contributed by atoms with Gasteiger partial charge in [-0.2, -0.15) is 0 Å². The monoisotopic (exact) mass is 202 g/mol. The molecule has 0 spiro atoms. The van der Waals surface area contributed by atoms with Crippen LogP contribution in [0, 0.1) is 0 Å². The van der Waals surface area contributed by atoms with Crippen LogP contribution in [-0.4, -0.2) is 36.3 Å². The van der Waals surface area contributed by atoms with Crippen LogP contribution in [0.5, 0.6) is 0 Å². The fourth-order valence-electron chi connectivity index (χ4n) is 1.08. The van der Waals surface area contributed by atoms with E-state index in [-0.39, 0.29) is 24.9 Å². The predicted molar refractivity (Wildman–Crippen MR) is 49.2 cm³/mol. The molecular weight excluding hydrogens is 192 g/mol. The maximum absolute atomic E-state index is 11.2. The highest BCUT2D eigenvalue weighted by Gasteiger charge is 2.22. The highest BCUT2D eigenvalue weighted by Crippen LogP contribution is 2.02. The fourth-order valence-corrected chi connectivity index (χ4v) is 1.15. The van der Waals surface area contributed by atoms with Gasteiger partial charge < -0.3 is 10.2 Å². The first-order valence-electron chi connectivity index (χ1n) is 3.94. The van der Waals surface area contributed by atoms with Gasteiger partial charge in [0, 0.05) is 12.1 Å². The van der Waals surface area contributed by atoms with E-state index >= 15 is 0 Å². The van der Waals surface area contributed by atoms with Gasteiger partial charge in [0.25, 0.3) is 0 Å². The van der Waals surface area contributed by atoms with Crippen molar-refractivity contribution >= 4 is 23.4 Å². The lowest BCUT2D eigenvalue weighted by Crippen LogP contribution is -2.51. The van der Waals surface area contributed by atoms with Crippen LogP contribution in [0.25, 0.3) is 0 Å². The van der Waals surface area contributed by atoms with Gasteiger partial charge in [0.15, 0.2) is 0 Å². The molecule has 1 saturated heterocycles. The predicted octanol–water partition coefficient (Wildman–Crippen LogP) is 0.0874. The molecule has 4 nitrogen and oxygen atoms in total. The SMILES string of the molecule is CC(=CCl)CN1CC(=O)NCC1=O. The van der Waals surface area contributed by atoms with Crippen molar-refractivity contribution in [1.82, 2.24) is 10.2 Å². The minimum Gasteiger partial charge on any atom is -0.345 e. The number of rotatable bonds is 2. The Kier molecular flexibility index (Phi) is 3.31. The van der Waals surface area contributed by atoms with Crippen molar-refractivity contribution in [2.45, 2.75) is 6.92 Å². The summed E-state index contributed by atoms with van der Waals surface area (Å²) in [6, 6.07) is 0. The normalized spacial score (nSPS) is 18.9. The van der Waals surface area contributed by atoms with Crippen LogP contribution in [0.4, 0.5) is 0 Å². The van der Waals surface area contributed by atoms with E-state index in [0.29, 0.717) is 6.54 Å². The van der Waals surface area contributed by atoms with Gasteiger partial charge >= 0.3 is 0 Å². The van der Waals surface area contributed by atoms with Crippen LogP contribution in [-0.2, 0) is 9.59 Å². The van der Waals surface area contributed by atoms with Crippen molar-refractivity contribution in [2.24, 2.45) is 0 Å². The second-order valence-electron chi connectivity index (χ2n) is 2.98. The van der Waals surface area contributed by atoms with E-state index in [4.69, 9.17) is 11.6 Å². The molecule has 0 bridgehead atoms. The van der Waals surface area contributed by atoms with E-state index < -0.39 is 0 Å². The molecule has 0 radical (unpaired) electrons. The Hall–Kier alpha value is -1.03. The third-order valence-electron chi connectivity index (χ3n) is 1.75. The molecular formula is C8H11ClN2O2. The lowest BCUT2D eigenvalue weighted by atomic mass is 10.2. The first kappa shape index (κ1) is 10.1. The van der Waals surface area contributed by atoms with Crippen molar-refractivity contribution in [3.8, 4) is 0 Å². The zero-order valence-corrected chi connectivity index (χ0v) is 8.10. The van der Waals surface area contributed by atoms with E-state index in [0.717, 1.165) is 5.57 Å². The molecule has 1 fully saturated rings. The second-order valence-corrected chi connectivity index (χ2v) is 3.20. The molecule has 0 aliphatic carbocycles. The van der Waals surface area contributed by atoms with Crippen LogP contribution in [0.3, 0.4) is 0 Å². The topological polar surface area (TPSA) is 49.4 Å². The largest absolute Gasteiger partial charge is 0.345 e. The van der Waals surface area contributed by atoms with Crippen molar-refractivity contribution in [2.75, 3.05) is 19.6 Å². The van der Waals surface area contributed by atoms with E-state index in [1.165, 1.54) is 10.4 Å². The van der Waals surface area contributed by atoms with Gasteiger partial charge in [-0.25, -0.2) is 0 Å². The molecule has 5 heteroatoms. The molecule has 0 aromatic heterocycles. The zero-order valence-electron chi connectivity index (χ0n) is 7.34. The van der Waals surface area contributed by atoms with Gasteiger partial charge in [-0.15, -0.1) is 0 Å². The first-order chi connectivity index (χ1) is 6.13. The number of amides is 2. The summed E-state index contributed by atoms with van der Waals surface area (Å²) in [5, 5.41) is 2.47. The van der Waals surface area contributed by atoms with Crippen LogP contribution in [0.2, 0.25) is 0 Å². The summed E-state index contributed by atoms with van der Waals surface area (Å²) >= 11 is 5.45. The van der Waals surface area contributed by atoms with E-state index in [1.807, 2.05) is 6.92 Å². The second kappa shape index (κ2) is 4.28. The molecule has 0 atom stereocenters. The molecule has 1 rings (SSSR count). The Labute approximate surface area is 81.5 Å². The molecule has 1 heterocycles. The van der Waals surface area contributed by atoms with E-state index in [9.17, 15) is 9.59 Å². The van der Waals surface area contributed by atoms with E-state index in [2.05, 4.69) is 5.32 Å². The van der Waals surface area contributed by atoms with Gasteiger partial charge in [-0.3, -0.25) is 9.59 Å². The molecule has 1 N–H and O–H groups in total. The Bertz CT molecular complexity index is 263. The molecule has 0 unspecified atom stereocenters. The van der Waals surface area contributed by atoms with Crippen molar-refractivity contribution in [3.05, 3.63) is 11.1 Å². The molecule has 1 aliphatic rings. The number of carbonyl (C=O) groups excluding carboxylic acids is 2. The molecule has 13 heavy (non-hydrogen) atoms. The number of piperazine rings is 1. The lowest BCUT2D eigenvalue weighted by molar-refractivity contribution is -0.140. The lowest BCUT2D eigenvalue weighted by Gasteiger charge is -2.26. The number of nitrogens with one attached hydrogen (secondary N) is 1. The minimum atomic E-state index is -0.123.